The number of nitrogens with zero attached hydrogens (tertiary/aromatic N) is 1. The average Bonchev–Trinajstić information content (AvgIpc) is 3.03. The summed E-state index contributed by atoms with van der Waals surface area (Å²) in [6, 6.07) is 18.2. The van der Waals surface area contributed by atoms with Crippen molar-refractivity contribution in [3.8, 4) is 17.0 Å². The Labute approximate surface area is 121 Å². The van der Waals surface area contributed by atoms with Crippen LogP contribution in [-0.2, 0) is 0 Å². The maximum absolute atomic E-state index is 11.7. The third kappa shape index (κ3) is 3.27. The van der Waals surface area contributed by atoms with Crippen LogP contribution >= 0.6 is 0 Å². The number of H-pyrrole nitrogens is 1. The number of benzene rings is 2. The third-order valence-corrected chi connectivity index (χ3v) is 2.90. The predicted molar refractivity (Wildman–Crippen MR) is 80.1 cm³/mol. The minimum absolute atomic E-state index is 0.504. The first-order valence-electron chi connectivity index (χ1n) is 6.45. The summed E-state index contributed by atoms with van der Waals surface area (Å²) in [7, 11) is 0. The molecule has 0 saturated carbocycles. The molecule has 2 N–H and O–H groups in total. The van der Waals surface area contributed by atoms with Gasteiger partial charge in [0.15, 0.2) is 0 Å². The van der Waals surface area contributed by atoms with Crippen LogP contribution in [0.2, 0.25) is 0 Å². The maximum Gasteiger partial charge on any atom is 0.417 e. The molecule has 3 rings (SSSR count). The first-order valence-corrected chi connectivity index (χ1v) is 6.45. The summed E-state index contributed by atoms with van der Waals surface area (Å²) < 4.78 is 5.15. The van der Waals surface area contributed by atoms with E-state index in [0.29, 0.717) is 11.4 Å². The van der Waals surface area contributed by atoms with Gasteiger partial charge in [-0.15, -0.1) is 0 Å². The third-order valence-electron chi connectivity index (χ3n) is 2.90. The van der Waals surface area contributed by atoms with Crippen molar-refractivity contribution in [2.45, 2.75) is 0 Å². The van der Waals surface area contributed by atoms with Crippen LogP contribution in [0.5, 0.6) is 5.75 Å². The zero-order valence-corrected chi connectivity index (χ0v) is 11.1. The van der Waals surface area contributed by atoms with Crippen LogP contribution in [0.15, 0.2) is 66.9 Å². The second kappa shape index (κ2) is 5.92. The van der Waals surface area contributed by atoms with Crippen LogP contribution in [0.4, 0.5) is 10.5 Å². The number of aromatic amines is 1. The highest BCUT2D eigenvalue weighted by atomic mass is 16.6. The van der Waals surface area contributed by atoms with Crippen molar-refractivity contribution in [2.24, 2.45) is 0 Å². The number of rotatable bonds is 3. The molecule has 0 fully saturated rings. The van der Waals surface area contributed by atoms with Crippen molar-refractivity contribution < 1.29 is 9.53 Å². The molecule has 0 unspecified atom stereocenters. The Balaban J connectivity index is 1.64. The highest BCUT2D eigenvalue weighted by Crippen LogP contribution is 2.19. The van der Waals surface area contributed by atoms with Gasteiger partial charge in [0.1, 0.15) is 5.75 Å². The summed E-state index contributed by atoms with van der Waals surface area (Å²) in [4.78, 5) is 11.7. The van der Waals surface area contributed by atoms with Crippen molar-refractivity contribution in [3.63, 3.8) is 0 Å². The first-order chi connectivity index (χ1) is 10.3. The van der Waals surface area contributed by atoms with Gasteiger partial charge in [-0.1, -0.05) is 30.3 Å². The van der Waals surface area contributed by atoms with Crippen molar-refractivity contribution in [1.29, 1.82) is 0 Å². The van der Waals surface area contributed by atoms with Crippen LogP contribution < -0.4 is 10.1 Å². The minimum atomic E-state index is -0.518. The predicted octanol–water partition coefficient (Wildman–Crippen LogP) is 3.69. The van der Waals surface area contributed by atoms with Crippen LogP contribution in [0, 0.1) is 0 Å². The highest BCUT2D eigenvalue weighted by Gasteiger charge is 2.05. The molecule has 0 aliphatic heterocycles. The zero-order valence-electron chi connectivity index (χ0n) is 11.1. The van der Waals surface area contributed by atoms with E-state index < -0.39 is 6.09 Å². The number of para-hydroxylation sites is 1. The van der Waals surface area contributed by atoms with Crippen LogP contribution in [0.3, 0.4) is 0 Å². The molecule has 5 heteroatoms. The highest BCUT2D eigenvalue weighted by molar-refractivity contribution is 5.86. The van der Waals surface area contributed by atoms with E-state index in [1.165, 1.54) is 0 Å². The molecule has 1 aromatic heterocycles. The molecule has 3 aromatic rings. The fourth-order valence-electron chi connectivity index (χ4n) is 1.89. The van der Waals surface area contributed by atoms with Crippen LogP contribution in [0.25, 0.3) is 11.3 Å². The van der Waals surface area contributed by atoms with E-state index >= 15 is 0 Å². The molecule has 1 amide bonds. The van der Waals surface area contributed by atoms with E-state index in [9.17, 15) is 4.79 Å². The van der Waals surface area contributed by atoms with E-state index in [-0.39, 0.29) is 0 Å². The topological polar surface area (TPSA) is 67.0 Å². The molecular weight excluding hydrogens is 266 g/mol. The van der Waals surface area contributed by atoms with Crippen molar-refractivity contribution >= 4 is 11.8 Å². The molecule has 1 heterocycles. The van der Waals surface area contributed by atoms with Gasteiger partial charge in [-0.25, -0.2) is 4.79 Å². The van der Waals surface area contributed by atoms with Crippen LogP contribution in [-0.4, -0.2) is 16.3 Å². The van der Waals surface area contributed by atoms with E-state index in [4.69, 9.17) is 4.74 Å². The van der Waals surface area contributed by atoms with Gasteiger partial charge in [-0.3, -0.25) is 10.4 Å². The van der Waals surface area contributed by atoms with E-state index in [1.54, 1.807) is 18.3 Å². The standard InChI is InChI=1S/C16H13N3O2/c20-16(21-14-4-2-1-3-5-14)18-13-8-6-12(7-9-13)15-10-11-17-19-15/h1-11H,(H,17,19)(H,18,20). The molecule has 0 spiro atoms. The largest absolute Gasteiger partial charge is 0.417 e. The quantitative estimate of drug-likeness (QED) is 0.768. The van der Waals surface area contributed by atoms with E-state index in [2.05, 4.69) is 15.5 Å². The Morgan fingerprint density at radius 3 is 2.43 bits per heavy atom. The second-order valence-corrected chi connectivity index (χ2v) is 4.38. The number of carbonyl (C=O) groups excluding carboxylic acids is 1. The lowest BCUT2D eigenvalue weighted by Gasteiger charge is -2.07. The second-order valence-electron chi connectivity index (χ2n) is 4.38. The van der Waals surface area contributed by atoms with Gasteiger partial charge < -0.3 is 4.74 Å². The molecule has 104 valence electrons. The Hall–Kier alpha value is -3.08. The summed E-state index contributed by atoms with van der Waals surface area (Å²) in [6.07, 6.45) is 1.18. The molecule has 0 atom stereocenters. The Morgan fingerprint density at radius 1 is 1.00 bits per heavy atom. The van der Waals surface area contributed by atoms with Crippen LogP contribution in [0.1, 0.15) is 0 Å². The fourth-order valence-corrected chi connectivity index (χ4v) is 1.89. The fraction of sp³-hybridized carbons (Fsp3) is 0. The number of amides is 1. The summed E-state index contributed by atoms with van der Waals surface area (Å²) in [5.41, 5.74) is 2.59. The molecule has 0 bridgehead atoms. The van der Waals surface area contributed by atoms with Gasteiger partial charge in [0.2, 0.25) is 0 Å². The zero-order chi connectivity index (χ0) is 14.5. The summed E-state index contributed by atoms with van der Waals surface area (Å²) in [5.74, 6) is 0.504. The Kier molecular flexibility index (Phi) is 3.64. The summed E-state index contributed by atoms with van der Waals surface area (Å²) in [5, 5.41) is 9.46. The smallest absolute Gasteiger partial charge is 0.410 e. The van der Waals surface area contributed by atoms with Crippen molar-refractivity contribution in [1.82, 2.24) is 10.2 Å². The van der Waals surface area contributed by atoms with E-state index in [0.717, 1.165) is 11.3 Å². The van der Waals surface area contributed by atoms with Gasteiger partial charge in [0, 0.05) is 11.9 Å². The Bertz CT molecular complexity index is 707. The number of carbonyl (C=O) groups is 1. The molecular formula is C16H13N3O2. The lowest BCUT2D eigenvalue weighted by Crippen LogP contribution is -2.16. The van der Waals surface area contributed by atoms with Gasteiger partial charge in [0.05, 0.1) is 5.69 Å². The van der Waals surface area contributed by atoms with Gasteiger partial charge in [-0.2, -0.15) is 5.10 Å². The van der Waals surface area contributed by atoms with Gasteiger partial charge in [0.25, 0.3) is 0 Å². The summed E-state index contributed by atoms with van der Waals surface area (Å²) in [6.45, 7) is 0. The SMILES string of the molecule is O=C(Nc1ccc(-c2ccn[nH]2)cc1)Oc1ccccc1. The average molecular weight is 279 g/mol. The molecule has 0 aliphatic carbocycles. The number of hydrogen-bond acceptors (Lipinski definition) is 3. The van der Waals surface area contributed by atoms with Crippen molar-refractivity contribution in [3.05, 3.63) is 66.9 Å². The number of ether oxygens (including phenoxy) is 1. The summed E-state index contributed by atoms with van der Waals surface area (Å²) >= 11 is 0. The number of nitrogens with one attached hydrogen (secondary N) is 2. The van der Waals surface area contributed by atoms with E-state index in [1.807, 2.05) is 48.5 Å². The molecule has 5 nitrogen and oxygen atoms in total. The molecule has 0 radical (unpaired) electrons. The normalized spacial score (nSPS) is 10.1. The Morgan fingerprint density at radius 2 is 1.76 bits per heavy atom. The first kappa shape index (κ1) is 12.9. The van der Waals surface area contributed by atoms with Gasteiger partial charge in [-0.05, 0) is 35.9 Å². The number of aromatic nitrogens is 2. The minimum Gasteiger partial charge on any atom is -0.410 e. The number of anilines is 1. The monoisotopic (exact) mass is 279 g/mol. The molecule has 0 aliphatic rings. The maximum atomic E-state index is 11.7. The molecule has 2 aromatic carbocycles. The lowest BCUT2D eigenvalue weighted by atomic mass is 10.1. The molecule has 0 saturated heterocycles. The lowest BCUT2D eigenvalue weighted by molar-refractivity contribution is 0.215. The van der Waals surface area contributed by atoms with Crippen molar-refractivity contribution in [2.75, 3.05) is 5.32 Å². The molecule has 21 heavy (non-hydrogen) atoms. The van der Waals surface area contributed by atoms with Gasteiger partial charge >= 0.3 is 6.09 Å². The number of hydrogen-bond donors (Lipinski definition) is 2.